The quantitative estimate of drug-likeness (QED) is 0.649. The Labute approximate surface area is 69.8 Å². The Balaban J connectivity index is 2.78. The molecule has 0 aliphatic rings. The van der Waals surface area contributed by atoms with Gasteiger partial charge in [0.15, 0.2) is 0 Å². The number of nitrogens with one attached hydrogen (secondary N) is 1. The van der Waals surface area contributed by atoms with Gasteiger partial charge < -0.3 is 10.7 Å². The molecule has 2 rings (SSSR count). The van der Waals surface area contributed by atoms with Gasteiger partial charge in [-0.1, -0.05) is 0 Å². The minimum absolute atomic E-state index is 0.432. The number of nitrogens with zero attached hydrogens (tertiary/aromatic N) is 2. The van der Waals surface area contributed by atoms with Crippen molar-refractivity contribution in [2.45, 2.75) is 13.5 Å². The SMILES string of the molecule is Cc1nc2c(CN)nccc2[nH]1. The molecule has 4 heteroatoms. The molecule has 0 fully saturated rings. The highest BCUT2D eigenvalue weighted by atomic mass is 14.9. The van der Waals surface area contributed by atoms with E-state index in [0.717, 1.165) is 22.6 Å². The van der Waals surface area contributed by atoms with Crippen LogP contribution in [-0.4, -0.2) is 15.0 Å². The fourth-order valence-corrected chi connectivity index (χ4v) is 1.26. The van der Waals surface area contributed by atoms with Gasteiger partial charge in [-0.3, -0.25) is 4.98 Å². The fourth-order valence-electron chi connectivity index (χ4n) is 1.26. The summed E-state index contributed by atoms with van der Waals surface area (Å²) in [6.07, 6.45) is 1.74. The highest BCUT2D eigenvalue weighted by molar-refractivity contribution is 5.76. The van der Waals surface area contributed by atoms with Crippen LogP contribution in [0.3, 0.4) is 0 Å². The number of fused-ring (bicyclic) bond motifs is 1. The molecule has 0 bridgehead atoms. The molecule has 2 heterocycles. The van der Waals surface area contributed by atoms with Crippen molar-refractivity contribution in [3.63, 3.8) is 0 Å². The average molecular weight is 162 g/mol. The molecule has 0 spiro atoms. The zero-order chi connectivity index (χ0) is 8.55. The summed E-state index contributed by atoms with van der Waals surface area (Å²) >= 11 is 0. The number of aromatic nitrogens is 3. The Kier molecular flexibility index (Phi) is 1.55. The number of imidazole rings is 1. The monoisotopic (exact) mass is 162 g/mol. The third-order valence-corrected chi connectivity index (χ3v) is 1.79. The van der Waals surface area contributed by atoms with E-state index in [1.807, 2.05) is 13.0 Å². The lowest BCUT2D eigenvalue weighted by Gasteiger charge is -1.94. The zero-order valence-corrected chi connectivity index (χ0v) is 6.83. The van der Waals surface area contributed by atoms with Crippen molar-refractivity contribution < 1.29 is 0 Å². The van der Waals surface area contributed by atoms with E-state index in [1.165, 1.54) is 0 Å². The van der Waals surface area contributed by atoms with Gasteiger partial charge in [-0.25, -0.2) is 4.98 Å². The first-order valence-corrected chi connectivity index (χ1v) is 3.81. The lowest BCUT2D eigenvalue weighted by atomic mass is 10.3. The molecule has 0 aromatic carbocycles. The molecule has 0 aliphatic heterocycles. The van der Waals surface area contributed by atoms with Crippen LogP contribution in [0, 0.1) is 6.92 Å². The summed E-state index contributed by atoms with van der Waals surface area (Å²) in [5.74, 6) is 0.896. The van der Waals surface area contributed by atoms with E-state index in [1.54, 1.807) is 6.20 Å². The number of nitrogens with two attached hydrogens (primary N) is 1. The topological polar surface area (TPSA) is 67.6 Å². The van der Waals surface area contributed by atoms with Gasteiger partial charge in [-0.05, 0) is 13.0 Å². The van der Waals surface area contributed by atoms with Gasteiger partial charge in [0.25, 0.3) is 0 Å². The first-order valence-electron chi connectivity index (χ1n) is 3.81. The molecular formula is C8H10N4. The maximum atomic E-state index is 5.51. The Hall–Kier alpha value is -1.42. The van der Waals surface area contributed by atoms with Crippen molar-refractivity contribution in [2.24, 2.45) is 5.73 Å². The second-order valence-corrected chi connectivity index (χ2v) is 2.68. The van der Waals surface area contributed by atoms with Crippen LogP contribution in [0.25, 0.3) is 11.0 Å². The predicted molar refractivity (Wildman–Crippen MR) is 46.5 cm³/mol. The molecular weight excluding hydrogens is 152 g/mol. The maximum Gasteiger partial charge on any atom is 0.111 e. The number of aromatic amines is 1. The molecule has 2 aromatic heterocycles. The van der Waals surface area contributed by atoms with Gasteiger partial charge >= 0.3 is 0 Å². The number of pyridine rings is 1. The first kappa shape index (κ1) is 7.24. The van der Waals surface area contributed by atoms with Crippen molar-refractivity contribution in [1.29, 1.82) is 0 Å². The van der Waals surface area contributed by atoms with Crippen LogP contribution in [0.1, 0.15) is 11.5 Å². The highest BCUT2D eigenvalue weighted by Gasteiger charge is 2.03. The summed E-state index contributed by atoms with van der Waals surface area (Å²) in [4.78, 5) is 11.5. The molecule has 0 amide bonds. The zero-order valence-electron chi connectivity index (χ0n) is 6.83. The van der Waals surface area contributed by atoms with Gasteiger partial charge in [0, 0.05) is 12.7 Å². The molecule has 4 nitrogen and oxygen atoms in total. The average Bonchev–Trinajstić information content (AvgIpc) is 2.44. The minimum Gasteiger partial charge on any atom is -0.342 e. The largest absolute Gasteiger partial charge is 0.342 e. The van der Waals surface area contributed by atoms with E-state index in [0.29, 0.717) is 6.54 Å². The van der Waals surface area contributed by atoms with Crippen LogP contribution in [-0.2, 0) is 6.54 Å². The third-order valence-electron chi connectivity index (χ3n) is 1.79. The molecule has 3 N–H and O–H groups in total. The third kappa shape index (κ3) is 0.967. The van der Waals surface area contributed by atoms with Crippen LogP contribution < -0.4 is 5.73 Å². The molecule has 62 valence electrons. The fraction of sp³-hybridized carbons (Fsp3) is 0.250. The Morgan fingerprint density at radius 3 is 3.17 bits per heavy atom. The van der Waals surface area contributed by atoms with Gasteiger partial charge in [0.1, 0.15) is 11.3 Å². The summed E-state index contributed by atoms with van der Waals surface area (Å²) in [7, 11) is 0. The molecule has 0 atom stereocenters. The van der Waals surface area contributed by atoms with Crippen molar-refractivity contribution in [2.75, 3.05) is 0 Å². The normalized spacial score (nSPS) is 10.8. The summed E-state index contributed by atoms with van der Waals surface area (Å²) < 4.78 is 0. The predicted octanol–water partition coefficient (Wildman–Crippen LogP) is 0.725. The Morgan fingerprint density at radius 1 is 1.58 bits per heavy atom. The van der Waals surface area contributed by atoms with E-state index >= 15 is 0 Å². The second kappa shape index (κ2) is 2.57. The summed E-state index contributed by atoms with van der Waals surface area (Å²) in [5.41, 5.74) is 8.24. The molecule has 0 radical (unpaired) electrons. The lowest BCUT2D eigenvalue weighted by molar-refractivity contribution is 1.00. The van der Waals surface area contributed by atoms with Gasteiger partial charge in [-0.2, -0.15) is 0 Å². The van der Waals surface area contributed by atoms with Crippen molar-refractivity contribution >= 4 is 11.0 Å². The van der Waals surface area contributed by atoms with Crippen molar-refractivity contribution in [3.05, 3.63) is 23.8 Å². The Bertz CT molecular complexity index is 404. The number of aryl methyl sites for hydroxylation is 1. The first-order chi connectivity index (χ1) is 5.81. The van der Waals surface area contributed by atoms with Gasteiger partial charge in [0.2, 0.25) is 0 Å². The van der Waals surface area contributed by atoms with Crippen LogP contribution in [0.15, 0.2) is 12.3 Å². The molecule has 0 saturated heterocycles. The number of H-pyrrole nitrogens is 1. The molecule has 0 aliphatic carbocycles. The van der Waals surface area contributed by atoms with Crippen molar-refractivity contribution in [3.8, 4) is 0 Å². The van der Waals surface area contributed by atoms with E-state index in [4.69, 9.17) is 5.73 Å². The van der Waals surface area contributed by atoms with Crippen molar-refractivity contribution in [1.82, 2.24) is 15.0 Å². The van der Waals surface area contributed by atoms with E-state index in [2.05, 4.69) is 15.0 Å². The molecule has 2 aromatic rings. The van der Waals surface area contributed by atoms with Crippen LogP contribution in [0.2, 0.25) is 0 Å². The van der Waals surface area contributed by atoms with Crippen LogP contribution in [0.5, 0.6) is 0 Å². The number of hydrogen-bond acceptors (Lipinski definition) is 3. The van der Waals surface area contributed by atoms with Crippen LogP contribution in [0.4, 0.5) is 0 Å². The molecule has 0 unspecified atom stereocenters. The second-order valence-electron chi connectivity index (χ2n) is 2.68. The van der Waals surface area contributed by atoms with E-state index in [-0.39, 0.29) is 0 Å². The minimum atomic E-state index is 0.432. The summed E-state index contributed by atoms with van der Waals surface area (Å²) in [6, 6.07) is 1.90. The van der Waals surface area contributed by atoms with Gasteiger partial charge in [0.05, 0.1) is 11.2 Å². The van der Waals surface area contributed by atoms with E-state index in [9.17, 15) is 0 Å². The standard InChI is InChI=1S/C8H10N4/c1-5-11-6-2-3-10-7(4-9)8(6)12-5/h2-3H,4,9H2,1H3,(H,11,12). The van der Waals surface area contributed by atoms with E-state index < -0.39 is 0 Å². The molecule has 0 saturated carbocycles. The van der Waals surface area contributed by atoms with Gasteiger partial charge in [-0.15, -0.1) is 0 Å². The van der Waals surface area contributed by atoms with Crippen LogP contribution >= 0.6 is 0 Å². The Morgan fingerprint density at radius 2 is 2.42 bits per heavy atom. The number of hydrogen-bond donors (Lipinski definition) is 2. The smallest absolute Gasteiger partial charge is 0.111 e. The molecule has 12 heavy (non-hydrogen) atoms. The summed E-state index contributed by atoms with van der Waals surface area (Å²) in [5, 5.41) is 0. The number of rotatable bonds is 1. The maximum absolute atomic E-state index is 5.51. The highest BCUT2D eigenvalue weighted by Crippen LogP contribution is 2.12. The summed E-state index contributed by atoms with van der Waals surface area (Å²) in [6.45, 7) is 2.35. The lowest BCUT2D eigenvalue weighted by Crippen LogP contribution is -1.99.